The smallest absolute Gasteiger partial charge is 0.243 e. The number of carbonyl (C=O) groups excluding carboxylic acids is 1. The highest BCUT2D eigenvalue weighted by Crippen LogP contribution is 2.29. The van der Waals surface area contributed by atoms with Crippen molar-refractivity contribution in [2.24, 2.45) is 0 Å². The number of anilines is 1. The van der Waals surface area contributed by atoms with Gasteiger partial charge in [-0.25, -0.2) is 8.42 Å². The minimum Gasteiger partial charge on any atom is -0.492 e. The van der Waals surface area contributed by atoms with E-state index in [2.05, 4.69) is 17.1 Å². The lowest BCUT2D eigenvalue weighted by Crippen LogP contribution is -2.42. The summed E-state index contributed by atoms with van der Waals surface area (Å²) in [6.07, 6.45) is 3.38. The van der Waals surface area contributed by atoms with E-state index >= 15 is 0 Å². The van der Waals surface area contributed by atoms with E-state index in [1.807, 2.05) is 6.92 Å². The Morgan fingerprint density at radius 3 is 2.57 bits per heavy atom. The van der Waals surface area contributed by atoms with Crippen LogP contribution in [0.2, 0.25) is 0 Å². The van der Waals surface area contributed by atoms with E-state index in [4.69, 9.17) is 4.74 Å². The van der Waals surface area contributed by atoms with Gasteiger partial charge in [-0.3, -0.25) is 9.69 Å². The fourth-order valence-corrected chi connectivity index (χ4v) is 5.01. The third-order valence-electron chi connectivity index (χ3n) is 5.16. The zero-order chi connectivity index (χ0) is 20.7. The van der Waals surface area contributed by atoms with Crippen molar-refractivity contribution >= 4 is 21.6 Å². The number of ether oxygens (including phenoxy) is 1. The molecule has 0 radical (unpaired) electrons. The standard InChI is InChI=1S/C20H33N3O4S/c1-5-23(6-2)28(25,26)17-11-12-19(27-7-3)18(14-17)21-20(24)15-22-13-9-8-10-16(22)4/h11-12,14,16H,5-10,13,15H2,1-4H3,(H,21,24)/t16-/m1/s1. The first-order chi connectivity index (χ1) is 13.3. The normalized spacial score (nSPS) is 18.2. The van der Waals surface area contributed by atoms with Crippen LogP contribution in [-0.4, -0.2) is 62.4 Å². The molecule has 1 atom stereocenters. The number of amides is 1. The Morgan fingerprint density at radius 1 is 1.25 bits per heavy atom. The van der Waals surface area contributed by atoms with Crippen molar-refractivity contribution in [3.05, 3.63) is 18.2 Å². The molecule has 1 saturated heterocycles. The van der Waals surface area contributed by atoms with Gasteiger partial charge in [-0.2, -0.15) is 4.31 Å². The molecule has 1 fully saturated rings. The Balaban J connectivity index is 2.24. The van der Waals surface area contributed by atoms with Crippen molar-refractivity contribution in [1.29, 1.82) is 0 Å². The number of benzene rings is 1. The molecule has 0 spiro atoms. The molecule has 158 valence electrons. The molecule has 1 aliphatic heterocycles. The van der Waals surface area contributed by atoms with Crippen molar-refractivity contribution in [1.82, 2.24) is 9.21 Å². The van der Waals surface area contributed by atoms with E-state index in [1.165, 1.54) is 22.9 Å². The highest BCUT2D eigenvalue weighted by molar-refractivity contribution is 7.89. The summed E-state index contributed by atoms with van der Waals surface area (Å²) in [7, 11) is -3.61. The maximum Gasteiger partial charge on any atom is 0.243 e. The summed E-state index contributed by atoms with van der Waals surface area (Å²) in [6, 6.07) is 5.01. The fraction of sp³-hybridized carbons (Fsp3) is 0.650. The van der Waals surface area contributed by atoms with E-state index in [0.717, 1.165) is 19.4 Å². The van der Waals surface area contributed by atoms with Crippen molar-refractivity contribution in [2.75, 3.05) is 38.1 Å². The van der Waals surface area contributed by atoms with Gasteiger partial charge in [0.2, 0.25) is 15.9 Å². The van der Waals surface area contributed by atoms with Gasteiger partial charge in [-0.15, -0.1) is 0 Å². The van der Waals surface area contributed by atoms with Crippen LogP contribution in [0.4, 0.5) is 5.69 Å². The number of rotatable bonds is 9. The largest absolute Gasteiger partial charge is 0.492 e. The van der Waals surface area contributed by atoms with Gasteiger partial charge in [0.05, 0.1) is 23.7 Å². The molecular formula is C20H33N3O4S. The predicted octanol–water partition coefficient (Wildman–Crippen LogP) is 2.93. The molecule has 7 nitrogen and oxygen atoms in total. The lowest BCUT2D eigenvalue weighted by molar-refractivity contribution is -0.118. The summed E-state index contributed by atoms with van der Waals surface area (Å²) in [6.45, 7) is 9.99. The number of nitrogens with zero attached hydrogens (tertiary/aromatic N) is 2. The molecule has 8 heteroatoms. The molecule has 0 aromatic heterocycles. The number of nitrogens with one attached hydrogen (secondary N) is 1. The number of hydrogen-bond acceptors (Lipinski definition) is 5. The molecule has 0 aliphatic carbocycles. The Labute approximate surface area is 169 Å². The van der Waals surface area contributed by atoms with E-state index < -0.39 is 10.0 Å². The average molecular weight is 412 g/mol. The molecule has 1 amide bonds. The summed E-state index contributed by atoms with van der Waals surface area (Å²) in [5.41, 5.74) is 0.393. The lowest BCUT2D eigenvalue weighted by Gasteiger charge is -2.32. The van der Waals surface area contributed by atoms with Crippen LogP contribution < -0.4 is 10.1 Å². The predicted molar refractivity (Wildman–Crippen MR) is 111 cm³/mol. The quantitative estimate of drug-likeness (QED) is 0.676. The molecule has 1 aromatic carbocycles. The zero-order valence-corrected chi connectivity index (χ0v) is 18.2. The molecule has 0 saturated carbocycles. The zero-order valence-electron chi connectivity index (χ0n) is 17.4. The molecule has 28 heavy (non-hydrogen) atoms. The summed E-state index contributed by atoms with van der Waals surface area (Å²) >= 11 is 0. The number of sulfonamides is 1. The first-order valence-corrected chi connectivity index (χ1v) is 11.6. The van der Waals surface area contributed by atoms with Gasteiger partial charge in [0, 0.05) is 19.1 Å². The Morgan fingerprint density at radius 2 is 1.96 bits per heavy atom. The van der Waals surface area contributed by atoms with Crippen LogP contribution in [0.3, 0.4) is 0 Å². The summed E-state index contributed by atoms with van der Waals surface area (Å²) in [4.78, 5) is 14.9. The second-order valence-corrected chi connectivity index (χ2v) is 8.98. The Kier molecular flexibility index (Phi) is 8.27. The highest BCUT2D eigenvalue weighted by atomic mass is 32.2. The van der Waals surface area contributed by atoms with Crippen LogP contribution in [0.25, 0.3) is 0 Å². The lowest BCUT2D eigenvalue weighted by atomic mass is 10.0. The number of likely N-dealkylation sites (tertiary alicyclic amines) is 1. The summed E-state index contributed by atoms with van der Waals surface area (Å²) in [5.74, 6) is 0.313. The van der Waals surface area contributed by atoms with Crippen LogP contribution in [0.15, 0.2) is 23.1 Å². The fourth-order valence-electron chi connectivity index (χ4n) is 3.53. The van der Waals surface area contributed by atoms with Gasteiger partial charge < -0.3 is 10.1 Å². The van der Waals surface area contributed by atoms with Crippen LogP contribution in [0.1, 0.15) is 47.0 Å². The number of carbonyl (C=O) groups is 1. The molecular weight excluding hydrogens is 378 g/mol. The van der Waals surface area contributed by atoms with Crippen LogP contribution in [0.5, 0.6) is 5.75 Å². The number of hydrogen-bond donors (Lipinski definition) is 1. The maximum atomic E-state index is 12.8. The number of piperidine rings is 1. The second kappa shape index (κ2) is 10.2. The van der Waals surface area contributed by atoms with E-state index in [-0.39, 0.29) is 10.8 Å². The molecule has 0 bridgehead atoms. The van der Waals surface area contributed by atoms with Gasteiger partial charge in [0.25, 0.3) is 0 Å². The topological polar surface area (TPSA) is 79.0 Å². The van der Waals surface area contributed by atoms with Gasteiger partial charge in [0.1, 0.15) is 5.75 Å². The SMILES string of the molecule is CCOc1ccc(S(=O)(=O)N(CC)CC)cc1NC(=O)CN1CCCC[C@H]1C. The average Bonchev–Trinajstić information content (AvgIpc) is 2.66. The highest BCUT2D eigenvalue weighted by Gasteiger charge is 2.24. The van der Waals surface area contributed by atoms with Gasteiger partial charge >= 0.3 is 0 Å². The molecule has 2 rings (SSSR count). The first kappa shape index (κ1) is 22.6. The monoisotopic (exact) mass is 411 g/mol. The third-order valence-corrected chi connectivity index (χ3v) is 7.20. The first-order valence-electron chi connectivity index (χ1n) is 10.1. The van der Waals surface area contributed by atoms with Crippen molar-refractivity contribution in [3.63, 3.8) is 0 Å². The van der Waals surface area contributed by atoms with Gasteiger partial charge in [-0.05, 0) is 51.4 Å². The summed E-state index contributed by atoms with van der Waals surface area (Å²) < 4.78 is 32.6. The van der Waals surface area contributed by atoms with Crippen LogP contribution in [-0.2, 0) is 14.8 Å². The van der Waals surface area contributed by atoms with Crippen molar-refractivity contribution in [3.8, 4) is 5.75 Å². The Bertz CT molecular complexity index is 763. The van der Waals surface area contributed by atoms with Crippen LogP contribution in [0, 0.1) is 0 Å². The van der Waals surface area contributed by atoms with Crippen LogP contribution >= 0.6 is 0 Å². The minimum atomic E-state index is -3.61. The van der Waals surface area contributed by atoms with E-state index in [9.17, 15) is 13.2 Å². The minimum absolute atomic E-state index is 0.154. The molecule has 1 heterocycles. The van der Waals surface area contributed by atoms with E-state index in [0.29, 0.717) is 43.7 Å². The Hall–Kier alpha value is -1.64. The molecule has 1 aliphatic rings. The maximum absolute atomic E-state index is 12.8. The summed E-state index contributed by atoms with van der Waals surface area (Å²) in [5, 5.41) is 2.86. The van der Waals surface area contributed by atoms with Gasteiger partial charge in [-0.1, -0.05) is 20.3 Å². The third kappa shape index (κ3) is 5.46. The van der Waals surface area contributed by atoms with Gasteiger partial charge in [0.15, 0.2) is 0 Å². The second-order valence-electron chi connectivity index (χ2n) is 7.04. The van der Waals surface area contributed by atoms with Crippen molar-refractivity contribution in [2.45, 2.75) is 57.9 Å². The van der Waals surface area contributed by atoms with E-state index in [1.54, 1.807) is 19.9 Å². The molecule has 1 aromatic rings. The van der Waals surface area contributed by atoms with Crippen molar-refractivity contribution < 1.29 is 17.9 Å². The molecule has 0 unspecified atom stereocenters. The molecule has 1 N–H and O–H groups in total.